The molecule has 1 fully saturated rings. The highest BCUT2D eigenvalue weighted by molar-refractivity contribution is 7.89. The highest BCUT2D eigenvalue weighted by Crippen LogP contribution is 2.17. The molecule has 1 atom stereocenters. The average molecular weight is 278 g/mol. The zero-order valence-electron chi connectivity index (χ0n) is 9.97. The van der Waals surface area contributed by atoms with Gasteiger partial charge in [-0.15, -0.1) is 0 Å². The third kappa shape index (κ3) is 2.32. The first-order valence-corrected chi connectivity index (χ1v) is 7.33. The first-order chi connectivity index (χ1) is 9.17. The van der Waals surface area contributed by atoms with Crippen LogP contribution in [0.5, 0.6) is 0 Å². The summed E-state index contributed by atoms with van der Waals surface area (Å²) in [6.07, 6.45) is 8.54. The van der Waals surface area contributed by atoms with Gasteiger partial charge in [0.2, 0.25) is 11.1 Å². The summed E-state index contributed by atoms with van der Waals surface area (Å²) in [6.45, 7) is 0.464. The highest BCUT2D eigenvalue weighted by atomic mass is 32.2. The molecule has 2 aromatic rings. The summed E-state index contributed by atoms with van der Waals surface area (Å²) in [5, 5.41) is -0.587. The number of rotatable bonds is 2. The normalized spacial score (nSPS) is 21.4. The van der Waals surface area contributed by atoms with Gasteiger partial charge in [0.05, 0.1) is 12.4 Å². The summed E-state index contributed by atoms with van der Waals surface area (Å²) in [5.74, 6) is 0. The highest BCUT2D eigenvalue weighted by Gasteiger charge is 2.35. The molecule has 98 valence electrons. The van der Waals surface area contributed by atoms with Crippen LogP contribution in [0.4, 0.5) is 0 Å². The van der Waals surface area contributed by atoms with Gasteiger partial charge < -0.3 is 0 Å². The van der Waals surface area contributed by atoms with Crippen molar-refractivity contribution in [2.24, 2.45) is 0 Å². The van der Waals surface area contributed by atoms with E-state index >= 15 is 0 Å². The van der Waals surface area contributed by atoms with Crippen molar-refractivity contribution >= 4 is 10.0 Å². The zero-order valence-corrected chi connectivity index (χ0v) is 10.8. The minimum Gasteiger partial charge on any atom is -0.261 e. The Morgan fingerprint density at radius 3 is 2.74 bits per heavy atom. The molecular formula is C11H12N5O2S+. The second kappa shape index (κ2) is 4.63. The van der Waals surface area contributed by atoms with Crippen molar-refractivity contribution in [1.82, 2.24) is 19.7 Å². The zero-order chi connectivity index (χ0) is 13.3. The third-order valence-corrected chi connectivity index (χ3v) is 4.75. The lowest BCUT2D eigenvalue weighted by molar-refractivity contribution is -0.703. The van der Waals surface area contributed by atoms with Gasteiger partial charge in [-0.05, 0) is 4.98 Å². The predicted octanol–water partition coefficient (Wildman–Crippen LogP) is -0.352. The maximum atomic E-state index is 11.7. The fraction of sp³-hybridized carbons (Fsp3) is 0.273. The lowest BCUT2D eigenvalue weighted by Crippen LogP contribution is -2.43. The summed E-state index contributed by atoms with van der Waals surface area (Å²) in [4.78, 5) is 12.3. The van der Waals surface area contributed by atoms with Gasteiger partial charge in [-0.25, -0.2) is 22.7 Å². The number of hydrogen-bond acceptors (Lipinski definition) is 5. The van der Waals surface area contributed by atoms with E-state index in [1.807, 2.05) is 0 Å². The topological polar surface area (TPSA) is 88.7 Å². The van der Waals surface area contributed by atoms with Crippen LogP contribution in [0.2, 0.25) is 0 Å². The molecule has 8 heteroatoms. The van der Waals surface area contributed by atoms with Crippen LogP contribution in [0.1, 0.15) is 11.8 Å². The van der Waals surface area contributed by atoms with E-state index in [-0.39, 0.29) is 0 Å². The third-order valence-electron chi connectivity index (χ3n) is 2.95. The number of sulfonamides is 1. The van der Waals surface area contributed by atoms with Crippen LogP contribution in [-0.4, -0.2) is 29.9 Å². The van der Waals surface area contributed by atoms with Gasteiger partial charge in [-0.3, -0.25) is 4.98 Å². The molecule has 1 aliphatic rings. The molecule has 0 spiro atoms. The summed E-state index contributed by atoms with van der Waals surface area (Å²) in [5.41, 5.74) is 1.31. The van der Waals surface area contributed by atoms with E-state index in [0.29, 0.717) is 24.4 Å². The van der Waals surface area contributed by atoms with Gasteiger partial charge in [0.25, 0.3) is 16.4 Å². The molecule has 0 bridgehead atoms. The van der Waals surface area contributed by atoms with Gasteiger partial charge in [0.1, 0.15) is 5.69 Å². The largest absolute Gasteiger partial charge is 0.288 e. The van der Waals surface area contributed by atoms with Crippen LogP contribution in [0.15, 0.2) is 37.2 Å². The molecule has 1 aliphatic heterocycles. The summed E-state index contributed by atoms with van der Waals surface area (Å²) >= 11 is 0. The Hall–Kier alpha value is -1.93. The number of hydrogen-bond donors (Lipinski definition) is 1. The van der Waals surface area contributed by atoms with Crippen molar-refractivity contribution in [2.75, 3.05) is 6.54 Å². The maximum Gasteiger partial charge on any atom is 0.288 e. The van der Waals surface area contributed by atoms with Crippen molar-refractivity contribution in [3.05, 3.63) is 37.2 Å². The molecule has 1 unspecified atom stereocenters. The van der Waals surface area contributed by atoms with Crippen LogP contribution in [0, 0.1) is 0 Å². The summed E-state index contributed by atoms with van der Waals surface area (Å²) in [7, 11) is -3.27. The standard InChI is InChI=1S/C11H12N5O2S/c17-19(18)11(1-3-15-19)16-6-2-9(14-8-16)10-7-12-4-5-13-10/h2,4-8,11,15H,1,3H2/q+1. The number of nitrogens with zero attached hydrogens (tertiary/aromatic N) is 4. The van der Waals surface area contributed by atoms with Gasteiger partial charge in [0, 0.05) is 31.4 Å². The van der Waals surface area contributed by atoms with E-state index in [2.05, 4.69) is 19.7 Å². The molecule has 0 radical (unpaired) electrons. The Kier molecular flexibility index (Phi) is 2.96. The van der Waals surface area contributed by atoms with Crippen molar-refractivity contribution in [3.63, 3.8) is 0 Å². The van der Waals surface area contributed by atoms with Crippen LogP contribution < -0.4 is 9.29 Å². The molecule has 2 aromatic heterocycles. The molecule has 19 heavy (non-hydrogen) atoms. The van der Waals surface area contributed by atoms with Crippen molar-refractivity contribution < 1.29 is 13.0 Å². The van der Waals surface area contributed by atoms with Gasteiger partial charge in [0.15, 0.2) is 0 Å². The Bertz CT molecular complexity index is 672. The molecule has 3 rings (SSSR count). The monoisotopic (exact) mass is 278 g/mol. The average Bonchev–Trinajstić information content (AvgIpc) is 2.80. The fourth-order valence-corrected chi connectivity index (χ4v) is 3.47. The first-order valence-electron chi connectivity index (χ1n) is 5.78. The molecular weight excluding hydrogens is 266 g/mol. The molecule has 7 nitrogen and oxygen atoms in total. The van der Waals surface area contributed by atoms with E-state index < -0.39 is 15.4 Å². The van der Waals surface area contributed by atoms with Crippen LogP contribution >= 0.6 is 0 Å². The second-order valence-electron chi connectivity index (χ2n) is 4.17. The van der Waals surface area contributed by atoms with E-state index in [1.165, 1.54) is 6.33 Å². The smallest absolute Gasteiger partial charge is 0.261 e. The molecule has 1 N–H and O–H groups in total. The van der Waals surface area contributed by atoms with Crippen molar-refractivity contribution in [1.29, 1.82) is 0 Å². The summed E-state index contributed by atoms with van der Waals surface area (Å²) in [6, 6.07) is 1.73. The maximum absolute atomic E-state index is 11.7. The van der Waals surface area contributed by atoms with Crippen LogP contribution in [0.25, 0.3) is 11.4 Å². The lowest BCUT2D eigenvalue weighted by atomic mass is 10.3. The molecule has 0 amide bonds. The van der Waals surface area contributed by atoms with Crippen molar-refractivity contribution in [2.45, 2.75) is 11.8 Å². The van der Waals surface area contributed by atoms with Crippen LogP contribution in [-0.2, 0) is 10.0 Å². The lowest BCUT2D eigenvalue weighted by Gasteiger charge is -2.05. The fourth-order valence-electron chi connectivity index (χ4n) is 2.01. The molecule has 0 aliphatic carbocycles. The molecule has 0 aromatic carbocycles. The Balaban J connectivity index is 1.92. The first kappa shape index (κ1) is 12.1. The SMILES string of the molecule is O=S1(=O)NCCC1[n+]1ccc(-c2cnccn2)nc1. The number of aromatic nitrogens is 4. The van der Waals surface area contributed by atoms with Gasteiger partial charge >= 0.3 is 0 Å². The van der Waals surface area contributed by atoms with Crippen molar-refractivity contribution in [3.8, 4) is 11.4 Å². The quantitative estimate of drug-likeness (QED) is 0.758. The van der Waals surface area contributed by atoms with E-state index in [9.17, 15) is 8.42 Å². The Labute approximate surface area is 110 Å². The second-order valence-corrected chi connectivity index (χ2v) is 6.09. The number of nitrogens with one attached hydrogen (secondary N) is 1. The van der Waals surface area contributed by atoms with Crippen LogP contribution in [0.3, 0.4) is 0 Å². The molecule has 1 saturated heterocycles. The predicted molar refractivity (Wildman–Crippen MR) is 66.0 cm³/mol. The molecule has 0 saturated carbocycles. The Morgan fingerprint density at radius 2 is 2.16 bits per heavy atom. The van der Waals surface area contributed by atoms with Gasteiger partial charge in [-0.1, -0.05) is 0 Å². The summed E-state index contributed by atoms with van der Waals surface area (Å²) < 4.78 is 27.6. The van der Waals surface area contributed by atoms with E-state index in [1.54, 1.807) is 35.4 Å². The Morgan fingerprint density at radius 1 is 1.26 bits per heavy atom. The van der Waals surface area contributed by atoms with E-state index in [4.69, 9.17) is 0 Å². The minimum atomic E-state index is -3.27. The minimum absolute atomic E-state index is 0.464. The molecule has 3 heterocycles. The van der Waals surface area contributed by atoms with Gasteiger partial charge in [-0.2, -0.15) is 0 Å². The van der Waals surface area contributed by atoms with E-state index in [0.717, 1.165) is 0 Å².